The van der Waals surface area contributed by atoms with Gasteiger partial charge in [0.25, 0.3) is 0 Å². The average Bonchev–Trinajstić information content (AvgIpc) is 3.49. The molecule has 0 saturated carbocycles. The van der Waals surface area contributed by atoms with Crippen LogP contribution in [0.25, 0.3) is 98.7 Å². The van der Waals surface area contributed by atoms with Crippen LogP contribution < -0.4 is 0 Å². The van der Waals surface area contributed by atoms with Crippen molar-refractivity contribution in [3.63, 3.8) is 0 Å². The van der Waals surface area contributed by atoms with Crippen LogP contribution in [0.2, 0.25) is 0 Å². The van der Waals surface area contributed by atoms with Crippen LogP contribution in [-0.2, 0) is 5.41 Å². The number of benzene rings is 10. The van der Waals surface area contributed by atoms with Crippen LogP contribution in [0.4, 0.5) is 0 Å². The van der Waals surface area contributed by atoms with Crippen molar-refractivity contribution in [1.82, 2.24) is 0 Å². The summed E-state index contributed by atoms with van der Waals surface area (Å²) in [6.45, 7) is 4.80. The van der Waals surface area contributed by atoms with Gasteiger partial charge in [-0.15, -0.1) is 0 Å². The zero-order chi connectivity index (χ0) is 36.7. The molecule has 0 aromatic heterocycles. The molecule has 1 aliphatic rings. The summed E-state index contributed by atoms with van der Waals surface area (Å²) in [5, 5.41) is 10.3. The van der Waals surface area contributed by atoms with Crippen molar-refractivity contribution in [2.24, 2.45) is 0 Å². The molecule has 0 unspecified atom stereocenters. The van der Waals surface area contributed by atoms with Gasteiger partial charge in [-0.25, -0.2) is 0 Å². The molecule has 0 fully saturated rings. The molecule has 0 spiro atoms. The molecule has 0 heterocycles. The zero-order valence-electron chi connectivity index (χ0n) is 31.0. The molecule has 0 saturated heterocycles. The van der Waals surface area contributed by atoms with E-state index in [4.69, 9.17) is 0 Å². The van der Waals surface area contributed by atoms with Gasteiger partial charge >= 0.3 is 0 Å². The molecule has 0 atom stereocenters. The van der Waals surface area contributed by atoms with Crippen LogP contribution in [-0.4, -0.2) is 0 Å². The summed E-state index contributed by atoms with van der Waals surface area (Å²) < 4.78 is 0. The smallest absolute Gasteiger partial charge is 0.0171 e. The molecule has 55 heavy (non-hydrogen) atoms. The van der Waals surface area contributed by atoms with Gasteiger partial charge in [-0.2, -0.15) is 0 Å². The first kappa shape index (κ1) is 31.7. The van der Waals surface area contributed by atoms with Gasteiger partial charge in [0.15, 0.2) is 0 Å². The number of rotatable bonds is 4. The summed E-state index contributed by atoms with van der Waals surface area (Å²) in [5.74, 6) is 0. The van der Waals surface area contributed by atoms with Gasteiger partial charge in [-0.05, 0) is 116 Å². The molecule has 0 bridgehead atoms. The summed E-state index contributed by atoms with van der Waals surface area (Å²) in [5.41, 5.74) is 15.5. The second kappa shape index (κ2) is 12.1. The van der Waals surface area contributed by atoms with Crippen LogP contribution in [0.1, 0.15) is 25.0 Å². The zero-order valence-corrected chi connectivity index (χ0v) is 31.0. The fourth-order valence-electron chi connectivity index (χ4n) is 9.87. The lowest BCUT2D eigenvalue weighted by molar-refractivity contribution is 0.668. The second-order valence-corrected chi connectivity index (χ2v) is 15.6. The Hall–Kier alpha value is -6.76. The highest BCUT2D eigenvalue weighted by molar-refractivity contribution is 6.21. The Labute approximate surface area is 322 Å². The van der Waals surface area contributed by atoms with E-state index in [1.54, 1.807) is 0 Å². The first-order valence-corrected chi connectivity index (χ1v) is 19.4. The summed E-state index contributed by atoms with van der Waals surface area (Å²) in [7, 11) is 0. The van der Waals surface area contributed by atoms with Crippen molar-refractivity contribution >= 4 is 43.1 Å². The Bertz CT molecular complexity index is 3100. The predicted octanol–water partition coefficient (Wildman–Crippen LogP) is 15.3. The highest BCUT2D eigenvalue weighted by atomic mass is 14.4. The molecule has 0 heteroatoms. The third-order valence-electron chi connectivity index (χ3n) is 12.2. The molecule has 10 aromatic rings. The van der Waals surface area contributed by atoms with Crippen LogP contribution in [0.5, 0.6) is 0 Å². The maximum atomic E-state index is 2.40. The fourth-order valence-corrected chi connectivity index (χ4v) is 9.87. The van der Waals surface area contributed by atoms with Crippen LogP contribution in [0.15, 0.2) is 194 Å². The summed E-state index contributed by atoms with van der Waals surface area (Å²) in [6.07, 6.45) is 0. The Morgan fingerprint density at radius 2 is 0.727 bits per heavy atom. The van der Waals surface area contributed by atoms with Gasteiger partial charge < -0.3 is 0 Å². The van der Waals surface area contributed by atoms with Crippen molar-refractivity contribution in [3.05, 3.63) is 205 Å². The van der Waals surface area contributed by atoms with E-state index in [9.17, 15) is 0 Å². The normalized spacial score (nSPS) is 13.1. The van der Waals surface area contributed by atoms with E-state index in [2.05, 4.69) is 208 Å². The summed E-state index contributed by atoms with van der Waals surface area (Å²) >= 11 is 0. The highest BCUT2D eigenvalue weighted by Crippen LogP contribution is 2.54. The van der Waals surface area contributed by atoms with Crippen molar-refractivity contribution < 1.29 is 0 Å². The highest BCUT2D eigenvalue weighted by Gasteiger charge is 2.38. The van der Waals surface area contributed by atoms with Crippen molar-refractivity contribution in [2.75, 3.05) is 0 Å². The lowest BCUT2D eigenvalue weighted by Gasteiger charge is -2.26. The predicted molar refractivity (Wildman–Crippen MR) is 236 cm³/mol. The largest absolute Gasteiger partial charge is 0.0616 e. The quantitative estimate of drug-likeness (QED) is 0.161. The van der Waals surface area contributed by atoms with Crippen LogP contribution in [0, 0.1) is 0 Å². The third kappa shape index (κ3) is 4.78. The van der Waals surface area contributed by atoms with Gasteiger partial charge in [0.1, 0.15) is 0 Å². The van der Waals surface area contributed by atoms with Gasteiger partial charge in [-0.3, -0.25) is 0 Å². The van der Waals surface area contributed by atoms with E-state index in [0.29, 0.717) is 0 Å². The van der Waals surface area contributed by atoms with E-state index in [0.717, 1.165) is 0 Å². The van der Waals surface area contributed by atoms with E-state index >= 15 is 0 Å². The molecule has 0 radical (unpaired) electrons. The molecule has 1 aliphatic carbocycles. The molecule has 0 N–H and O–H groups in total. The SMILES string of the molecule is CC1(C)c2c(-c3ccc(-c4c5ccccc5c(-c5cccc(-c6cccc7ccccc67)c5)c5ccccc45)cc3)cccc2-c2ccc3ccccc3c21. The van der Waals surface area contributed by atoms with Crippen molar-refractivity contribution in [3.8, 4) is 55.6 Å². The van der Waals surface area contributed by atoms with Crippen LogP contribution >= 0.6 is 0 Å². The van der Waals surface area contributed by atoms with E-state index in [-0.39, 0.29) is 5.41 Å². The third-order valence-corrected chi connectivity index (χ3v) is 12.2. The summed E-state index contributed by atoms with van der Waals surface area (Å²) in [6, 6.07) is 72.0. The average molecular weight is 699 g/mol. The Morgan fingerprint density at radius 1 is 0.273 bits per heavy atom. The molecule has 0 aliphatic heterocycles. The minimum absolute atomic E-state index is 0.131. The number of hydrogen-bond acceptors (Lipinski definition) is 0. The molecular formula is C55H38. The maximum absolute atomic E-state index is 2.40. The number of fused-ring (bicyclic) bond motifs is 8. The first-order chi connectivity index (χ1) is 27.1. The van der Waals surface area contributed by atoms with E-state index in [1.807, 2.05) is 0 Å². The Kier molecular flexibility index (Phi) is 7.00. The maximum Gasteiger partial charge on any atom is 0.0171 e. The minimum atomic E-state index is -0.131. The molecule has 10 aromatic carbocycles. The van der Waals surface area contributed by atoms with E-state index in [1.165, 1.54) is 110 Å². The Balaban J connectivity index is 1.06. The number of hydrogen-bond donors (Lipinski definition) is 0. The Morgan fingerprint density at radius 3 is 1.42 bits per heavy atom. The monoisotopic (exact) mass is 698 g/mol. The lowest BCUT2D eigenvalue weighted by atomic mass is 9.77. The molecular weight excluding hydrogens is 661 g/mol. The van der Waals surface area contributed by atoms with E-state index < -0.39 is 0 Å². The molecule has 0 nitrogen and oxygen atoms in total. The fraction of sp³-hybridized carbons (Fsp3) is 0.0545. The molecule has 258 valence electrons. The first-order valence-electron chi connectivity index (χ1n) is 19.4. The van der Waals surface area contributed by atoms with Gasteiger partial charge in [0, 0.05) is 5.41 Å². The second-order valence-electron chi connectivity index (χ2n) is 15.6. The van der Waals surface area contributed by atoms with Crippen LogP contribution in [0.3, 0.4) is 0 Å². The van der Waals surface area contributed by atoms with Gasteiger partial charge in [-0.1, -0.05) is 202 Å². The summed E-state index contributed by atoms with van der Waals surface area (Å²) in [4.78, 5) is 0. The van der Waals surface area contributed by atoms with Crippen molar-refractivity contribution in [1.29, 1.82) is 0 Å². The molecule has 11 rings (SSSR count). The van der Waals surface area contributed by atoms with Crippen molar-refractivity contribution in [2.45, 2.75) is 19.3 Å². The van der Waals surface area contributed by atoms with Gasteiger partial charge in [0.2, 0.25) is 0 Å². The topological polar surface area (TPSA) is 0 Å². The minimum Gasteiger partial charge on any atom is -0.0616 e. The standard InChI is InChI=1S/C55H38/c1-55(2)53-44(26-13-27-49(53)50-33-32-36-15-4-6-20-43(36)54(50)55)37-28-30-38(31-29-37)51-45-21-7-9-23-47(45)52(48-24-10-8-22-46(48)51)40-18-11-17-39(34-40)42-25-12-16-35-14-3-5-19-41(35)42/h3-34H,1-2H3. The van der Waals surface area contributed by atoms with Gasteiger partial charge in [0.05, 0.1) is 0 Å². The molecule has 0 amide bonds. The lowest BCUT2D eigenvalue weighted by Crippen LogP contribution is -2.16.